The predicted molar refractivity (Wildman–Crippen MR) is 112 cm³/mol. The van der Waals surface area contributed by atoms with Crippen LogP contribution in [0.2, 0.25) is 0 Å². The van der Waals surface area contributed by atoms with Crippen molar-refractivity contribution in [3.63, 3.8) is 0 Å². The predicted octanol–water partition coefficient (Wildman–Crippen LogP) is 5.01. The Hall–Kier alpha value is -2.05. The minimum atomic E-state index is 0.198. The number of carbonyl (C=O) groups is 1. The number of rotatable bonds is 5. The van der Waals surface area contributed by atoms with Crippen LogP contribution in [0.1, 0.15) is 35.6 Å². The molecule has 4 rings (SSSR count). The summed E-state index contributed by atoms with van der Waals surface area (Å²) in [4.78, 5) is 19.4. The summed E-state index contributed by atoms with van der Waals surface area (Å²) in [6.07, 6.45) is 5.90. The summed E-state index contributed by atoms with van der Waals surface area (Å²) >= 11 is 3.21. The van der Waals surface area contributed by atoms with Crippen molar-refractivity contribution in [2.75, 3.05) is 12.3 Å². The lowest BCUT2D eigenvalue weighted by molar-refractivity contribution is -0.129. The van der Waals surface area contributed by atoms with E-state index >= 15 is 0 Å². The van der Waals surface area contributed by atoms with Gasteiger partial charge in [0.2, 0.25) is 5.91 Å². The molecule has 4 nitrogen and oxygen atoms in total. The molecule has 1 aromatic carbocycles. The Morgan fingerprint density at radius 1 is 1.30 bits per heavy atom. The molecular formula is C21H23N3OS2. The number of thiophene rings is 1. The fourth-order valence-electron chi connectivity index (χ4n) is 3.77. The lowest BCUT2D eigenvalue weighted by Gasteiger charge is -2.24. The topological polar surface area (TPSA) is 38.1 Å². The van der Waals surface area contributed by atoms with Crippen LogP contribution in [0.4, 0.5) is 0 Å². The average molecular weight is 398 g/mol. The molecular weight excluding hydrogens is 374 g/mol. The molecule has 140 valence electrons. The first kappa shape index (κ1) is 18.3. The van der Waals surface area contributed by atoms with E-state index in [1.54, 1.807) is 17.5 Å². The van der Waals surface area contributed by atoms with Gasteiger partial charge in [0.15, 0.2) is 5.16 Å². The van der Waals surface area contributed by atoms with Crippen LogP contribution in [0.25, 0.3) is 5.69 Å². The molecule has 0 aliphatic carbocycles. The minimum Gasteiger partial charge on any atom is -0.335 e. The smallest absolute Gasteiger partial charge is 0.233 e. The molecule has 1 unspecified atom stereocenters. The van der Waals surface area contributed by atoms with Crippen molar-refractivity contribution in [2.24, 2.45) is 0 Å². The summed E-state index contributed by atoms with van der Waals surface area (Å²) in [5.74, 6) is 0.617. The number of likely N-dealkylation sites (tertiary alicyclic amines) is 1. The van der Waals surface area contributed by atoms with E-state index in [9.17, 15) is 4.79 Å². The first-order valence-corrected chi connectivity index (χ1v) is 11.1. The molecule has 0 spiro atoms. The molecule has 1 amide bonds. The number of aryl methyl sites for hydroxylation is 2. The van der Waals surface area contributed by atoms with Gasteiger partial charge in [-0.1, -0.05) is 17.8 Å². The van der Waals surface area contributed by atoms with Crippen LogP contribution in [-0.2, 0) is 4.79 Å². The van der Waals surface area contributed by atoms with Crippen LogP contribution in [-0.4, -0.2) is 32.7 Å². The third-order valence-corrected chi connectivity index (χ3v) is 6.57. The Balaban J connectivity index is 1.46. The van der Waals surface area contributed by atoms with Crippen LogP contribution >= 0.6 is 23.1 Å². The van der Waals surface area contributed by atoms with Crippen molar-refractivity contribution in [3.05, 3.63) is 64.1 Å². The molecule has 2 aromatic heterocycles. The number of carbonyl (C=O) groups excluding carboxylic acids is 1. The van der Waals surface area contributed by atoms with Gasteiger partial charge in [-0.3, -0.25) is 9.36 Å². The number of amides is 1. The van der Waals surface area contributed by atoms with Crippen molar-refractivity contribution in [1.29, 1.82) is 0 Å². The van der Waals surface area contributed by atoms with Crippen molar-refractivity contribution >= 4 is 29.0 Å². The van der Waals surface area contributed by atoms with Gasteiger partial charge in [-0.05, 0) is 72.3 Å². The molecule has 3 heterocycles. The standard InChI is InChI=1S/C21H23N3OS2/c1-15-10-16(2)12-18(11-15)23-8-6-22-21(23)27-14-20(25)24-7-3-4-19(24)17-5-9-26-13-17/h5-6,8-13,19H,3-4,7,14H2,1-2H3. The van der Waals surface area contributed by atoms with Crippen LogP contribution < -0.4 is 0 Å². The number of benzene rings is 1. The maximum Gasteiger partial charge on any atom is 0.233 e. The minimum absolute atomic E-state index is 0.198. The van der Waals surface area contributed by atoms with Crippen molar-refractivity contribution in [1.82, 2.24) is 14.5 Å². The number of aromatic nitrogens is 2. The second kappa shape index (κ2) is 7.90. The first-order chi connectivity index (χ1) is 13.1. The van der Waals surface area contributed by atoms with Crippen LogP contribution in [0.5, 0.6) is 0 Å². The molecule has 27 heavy (non-hydrogen) atoms. The zero-order chi connectivity index (χ0) is 18.8. The largest absolute Gasteiger partial charge is 0.335 e. The van der Waals surface area contributed by atoms with E-state index in [4.69, 9.17) is 0 Å². The molecule has 0 bridgehead atoms. The van der Waals surface area contributed by atoms with Crippen molar-refractivity contribution in [3.8, 4) is 5.69 Å². The van der Waals surface area contributed by atoms with E-state index in [0.29, 0.717) is 5.75 Å². The second-order valence-electron chi connectivity index (χ2n) is 7.02. The third kappa shape index (κ3) is 3.96. The Morgan fingerprint density at radius 2 is 2.11 bits per heavy atom. The third-order valence-electron chi connectivity index (χ3n) is 4.92. The molecule has 1 aliphatic heterocycles. The van der Waals surface area contributed by atoms with Gasteiger partial charge in [-0.25, -0.2) is 4.98 Å². The van der Waals surface area contributed by atoms with Crippen LogP contribution in [0.3, 0.4) is 0 Å². The maximum absolute atomic E-state index is 12.9. The highest BCUT2D eigenvalue weighted by atomic mass is 32.2. The Labute approximate surface area is 168 Å². The Morgan fingerprint density at radius 3 is 2.85 bits per heavy atom. The molecule has 1 aliphatic rings. The molecule has 0 radical (unpaired) electrons. The van der Waals surface area contributed by atoms with Crippen molar-refractivity contribution in [2.45, 2.75) is 37.9 Å². The van der Waals surface area contributed by atoms with Gasteiger partial charge in [-0.2, -0.15) is 11.3 Å². The van der Waals surface area contributed by atoms with Gasteiger partial charge in [0.05, 0.1) is 11.8 Å². The number of nitrogens with zero attached hydrogens (tertiary/aromatic N) is 3. The fraction of sp³-hybridized carbons (Fsp3) is 0.333. The Bertz CT molecular complexity index is 913. The summed E-state index contributed by atoms with van der Waals surface area (Å²) < 4.78 is 2.07. The Kier molecular flexibility index (Phi) is 5.36. The molecule has 3 aromatic rings. The highest BCUT2D eigenvalue weighted by Crippen LogP contribution is 2.34. The summed E-state index contributed by atoms with van der Waals surface area (Å²) in [5, 5.41) is 5.11. The second-order valence-corrected chi connectivity index (χ2v) is 8.74. The maximum atomic E-state index is 12.9. The number of thioether (sulfide) groups is 1. The monoisotopic (exact) mass is 397 g/mol. The summed E-state index contributed by atoms with van der Waals surface area (Å²) in [6.45, 7) is 5.05. The summed E-state index contributed by atoms with van der Waals surface area (Å²) in [6, 6.07) is 8.83. The summed E-state index contributed by atoms with van der Waals surface area (Å²) in [5.41, 5.74) is 4.81. The van der Waals surface area contributed by atoms with Gasteiger partial charge in [0.1, 0.15) is 0 Å². The molecule has 0 N–H and O–H groups in total. The van der Waals surface area contributed by atoms with E-state index in [1.807, 2.05) is 11.1 Å². The van der Waals surface area contributed by atoms with Gasteiger partial charge in [0.25, 0.3) is 0 Å². The molecule has 1 saturated heterocycles. The highest BCUT2D eigenvalue weighted by Gasteiger charge is 2.30. The van der Waals surface area contributed by atoms with Crippen LogP contribution in [0.15, 0.2) is 52.6 Å². The molecule has 0 saturated carbocycles. The fourth-order valence-corrected chi connectivity index (χ4v) is 5.33. The number of hydrogen-bond donors (Lipinski definition) is 0. The molecule has 1 fully saturated rings. The van der Waals surface area contributed by atoms with Crippen molar-refractivity contribution < 1.29 is 4.79 Å². The quantitative estimate of drug-likeness (QED) is 0.568. The zero-order valence-electron chi connectivity index (χ0n) is 15.6. The zero-order valence-corrected chi connectivity index (χ0v) is 17.2. The van der Waals surface area contributed by atoms with E-state index in [-0.39, 0.29) is 11.9 Å². The normalized spacial score (nSPS) is 16.8. The van der Waals surface area contributed by atoms with E-state index in [2.05, 4.69) is 58.4 Å². The SMILES string of the molecule is Cc1cc(C)cc(-n2ccnc2SCC(=O)N2CCCC2c2ccsc2)c1. The number of imidazole rings is 1. The lowest BCUT2D eigenvalue weighted by atomic mass is 10.1. The van der Waals surface area contributed by atoms with Gasteiger partial charge < -0.3 is 4.90 Å². The average Bonchev–Trinajstić information content (AvgIpc) is 3.39. The number of hydrogen-bond acceptors (Lipinski definition) is 4. The van der Waals surface area contributed by atoms with Gasteiger partial charge >= 0.3 is 0 Å². The molecule has 1 atom stereocenters. The first-order valence-electron chi connectivity index (χ1n) is 9.18. The summed E-state index contributed by atoms with van der Waals surface area (Å²) in [7, 11) is 0. The highest BCUT2D eigenvalue weighted by molar-refractivity contribution is 7.99. The van der Waals surface area contributed by atoms with Gasteiger partial charge in [-0.15, -0.1) is 0 Å². The van der Waals surface area contributed by atoms with Gasteiger partial charge in [0, 0.05) is 24.6 Å². The van der Waals surface area contributed by atoms with E-state index in [0.717, 1.165) is 30.2 Å². The van der Waals surface area contributed by atoms with E-state index < -0.39 is 0 Å². The van der Waals surface area contributed by atoms with Crippen LogP contribution in [0, 0.1) is 13.8 Å². The lowest BCUT2D eigenvalue weighted by Crippen LogP contribution is -2.31. The molecule has 6 heteroatoms. The van der Waals surface area contributed by atoms with E-state index in [1.165, 1.54) is 28.5 Å².